The maximum Gasteiger partial charge on any atom is 0.462 e. The van der Waals surface area contributed by atoms with E-state index in [0.29, 0.717) is 0 Å². The normalized spacial score (nSPS) is 41.8. The van der Waals surface area contributed by atoms with E-state index < -0.39 is 53.7 Å². The molecule has 0 N–H and O–H groups in total. The van der Waals surface area contributed by atoms with E-state index in [9.17, 15) is 43.9 Å². The molecule has 2 fully saturated rings. The molecular weight excluding hydrogens is 350 g/mol. The van der Waals surface area contributed by atoms with Gasteiger partial charge in [-0.2, -0.15) is 39.5 Å². The van der Waals surface area contributed by atoms with Gasteiger partial charge in [-0.15, -0.1) is 0 Å². The zero-order valence-electron chi connectivity index (χ0n) is 10.9. The number of alkyl halides is 10. The summed E-state index contributed by atoms with van der Waals surface area (Å²) in [4.78, 5) is 0. The van der Waals surface area contributed by atoms with Gasteiger partial charge in [0, 0.05) is 11.8 Å². The molecule has 11 heteroatoms. The molecule has 132 valence electrons. The molecule has 0 aromatic carbocycles. The van der Waals surface area contributed by atoms with Crippen molar-refractivity contribution in [1.29, 1.82) is 0 Å². The van der Waals surface area contributed by atoms with Crippen LogP contribution in [-0.4, -0.2) is 30.0 Å². The standard InChI is InChI=1S/C12H8F10O/c13-8(14)6-4-1-2-5(3-4)7(6)9(8,15)23-12(21,22)10(16,17)11(18,19)20/h1-2,4-7H,3H2/t4-,5-,6+,7+,9+/m1/s1. The average Bonchev–Trinajstić information content (AvgIpc) is 2.95. The van der Waals surface area contributed by atoms with Crippen LogP contribution in [-0.2, 0) is 4.74 Å². The van der Waals surface area contributed by atoms with Crippen molar-refractivity contribution >= 4 is 0 Å². The third-order valence-corrected chi connectivity index (χ3v) is 4.76. The van der Waals surface area contributed by atoms with Gasteiger partial charge >= 0.3 is 24.1 Å². The summed E-state index contributed by atoms with van der Waals surface area (Å²) in [7, 11) is 0. The van der Waals surface area contributed by atoms with Gasteiger partial charge in [0.25, 0.3) is 5.85 Å². The molecule has 0 saturated heterocycles. The van der Waals surface area contributed by atoms with Gasteiger partial charge in [0.15, 0.2) is 0 Å². The molecule has 2 bridgehead atoms. The molecule has 2 saturated carbocycles. The highest BCUT2D eigenvalue weighted by atomic mass is 19.4. The SMILES string of the molecule is FC(F)(F)C(F)(F)C(F)(F)O[C@@]1(F)[C@@H]2[C@H]([C@@H]3C=C[C@@H]2C3)C1(F)F. The second kappa shape index (κ2) is 4.15. The molecule has 0 heterocycles. The molecule has 0 aromatic rings. The Bertz CT molecular complexity index is 553. The van der Waals surface area contributed by atoms with E-state index in [1.165, 1.54) is 12.2 Å². The quantitative estimate of drug-likeness (QED) is 0.532. The predicted octanol–water partition coefficient (Wildman–Crippen LogP) is 4.55. The monoisotopic (exact) mass is 358 g/mol. The molecule has 3 rings (SSSR count). The van der Waals surface area contributed by atoms with Gasteiger partial charge in [0.1, 0.15) is 0 Å². The number of ether oxygens (including phenoxy) is 1. The summed E-state index contributed by atoms with van der Waals surface area (Å²) in [6, 6.07) is 0. The highest BCUT2D eigenvalue weighted by Crippen LogP contribution is 2.72. The minimum Gasteiger partial charge on any atom is -0.271 e. The Balaban J connectivity index is 1.92. The van der Waals surface area contributed by atoms with Crippen LogP contribution in [0.2, 0.25) is 0 Å². The Morgan fingerprint density at radius 1 is 0.826 bits per heavy atom. The summed E-state index contributed by atoms with van der Waals surface area (Å²) >= 11 is 0. The number of hydrogen-bond acceptors (Lipinski definition) is 1. The van der Waals surface area contributed by atoms with Crippen molar-refractivity contribution in [3.8, 4) is 0 Å². The van der Waals surface area contributed by atoms with Gasteiger partial charge in [-0.3, -0.25) is 4.74 Å². The third-order valence-electron chi connectivity index (χ3n) is 4.76. The van der Waals surface area contributed by atoms with E-state index in [0.717, 1.165) is 0 Å². The van der Waals surface area contributed by atoms with Gasteiger partial charge in [0.05, 0.1) is 0 Å². The van der Waals surface area contributed by atoms with Crippen LogP contribution in [0.4, 0.5) is 43.9 Å². The van der Waals surface area contributed by atoms with Gasteiger partial charge in [-0.05, 0) is 18.3 Å². The van der Waals surface area contributed by atoms with Crippen LogP contribution >= 0.6 is 0 Å². The zero-order valence-corrected chi connectivity index (χ0v) is 10.9. The lowest BCUT2D eigenvalue weighted by molar-refractivity contribution is -0.511. The molecule has 0 radical (unpaired) electrons. The number of hydrogen-bond donors (Lipinski definition) is 0. The van der Waals surface area contributed by atoms with E-state index in [1.54, 1.807) is 0 Å². The van der Waals surface area contributed by atoms with Gasteiger partial charge < -0.3 is 0 Å². The lowest BCUT2D eigenvalue weighted by atomic mass is 9.60. The third kappa shape index (κ3) is 1.79. The summed E-state index contributed by atoms with van der Waals surface area (Å²) in [5.74, 6) is -21.4. The fourth-order valence-electron chi connectivity index (χ4n) is 3.73. The molecule has 1 nitrogen and oxygen atoms in total. The first-order valence-corrected chi connectivity index (χ1v) is 6.44. The second-order valence-corrected chi connectivity index (χ2v) is 5.96. The van der Waals surface area contributed by atoms with E-state index >= 15 is 0 Å². The fourth-order valence-corrected chi connectivity index (χ4v) is 3.73. The van der Waals surface area contributed by atoms with Crippen LogP contribution in [0.1, 0.15) is 6.42 Å². The van der Waals surface area contributed by atoms with E-state index in [2.05, 4.69) is 4.74 Å². The lowest BCUT2D eigenvalue weighted by Gasteiger charge is -2.56. The van der Waals surface area contributed by atoms with E-state index in [4.69, 9.17) is 0 Å². The summed E-state index contributed by atoms with van der Waals surface area (Å²) in [5.41, 5.74) is 0. The molecule has 0 spiro atoms. The van der Waals surface area contributed by atoms with Gasteiger partial charge in [-0.1, -0.05) is 12.2 Å². The molecule has 5 atom stereocenters. The Labute approximate surface area is 122 Å². The number of allylic oxidation sites excluding steroid dienone is 2. The van der Waals surface area contributed by atoms with Gasteiger partial charge in [0.2, 0.25) is 0 Å². The van der Waals surface area contributed by atoms with Crippen LogP contribution in [0.5, 0.6) is 0 Å². The molecule has 0 amide bonds. The molecular formula is C12H8F10O. The highest BCUT2D eigenvalue weighted by molar-refractivity contribution is 5.28. The van der Waals surface area contributed by atoms with E-state index in [-0.39, 0.29) is 6.42 Å². The van der Waals surface area contributed by atoms with E-state index in [1.807, 2.05) is 0 Å². The molecule has 3 aliphatic carbocycles. The summed E-state index contributed by atoms with van der Waals surface area (Å²) in [6.45, 7) is 0. The predicted molar refractivity (Wildman–Crippen MR) is 53.5 cm³/mol. The van der Waals surface area contributed by atoms with Crippen molar-refractivity contribution in [1.82, 2.24) is 0 Å². The minimum absolute atomic E-state index is 0.0127. The second-order valence-electron chi connectivity index (χ2n) is 5.96. The van der Waals surface area contributed by atoms with Crippen LogP contribution in [0.3, 0.4) is 0 Å². The Hall–Kier alpha value is -1.00. The van der Waals surface area contributed by atoms with Crippen molar-refractivity contribution in [2.75, 3.05) is 0 Å². The van der Waals surface area contributed by atoms with Crippen molar-refractivity contribution in [3.63, 3.8) is 0 Å². The Morgan fingerprint density at radius 2 is 1.30 bits per heavy atom. The average molecular weight is 358 g/mol. The first-order chi connectivity index (χ1) is 10.2. The van der Waals surface area contributed by atoms with Crippen LogP contribution < -0.4 is 0 Å². The zero-order chi connectivity index (χ0) is 17.6. The first-order valence-electron chi connectivity index (χ1n) is 6.44. The smallest absolute Gasteiger partial charge is 0.271 e. The Morgan fingerprint density at radius 3 is 1.78 bits per heavy atom. The molecule has 23 heavy (non-hydrogen) atoms. The summed E-state index contributed by atoms with van der Waals surface area (Å²) in [5, 5.41) is 0. The number of halogens is 10. The first kappa shape index (κ1) is 16.8. The summed E-state index contributed by atoms with van der Waals surface area (Å²) in [6.07, 6.45) is -10.7. The molecule has 0 aromatic heterocycles. The van der Waals surface area contributed by atoms with Crippen LogP contribution in [0.15, 0.2) is 12.2 Å². The van der Waals surface area contributed by atoms with Crippen molar-refractivity contribution in [2.24, 2.45) is 23.7 Å². The van der Waals surface area contributed by atoms with Crippen LogP contribution in [0, 0.1) is 23.7 Å². The van der Waals surface area contributed by atoms with Crippen molar-refractivity contribution in [2.45, 2.75) is 36.4 Å². The van der Waals surface area contributed by atoms with Crippen LogP contribution in [0.25, 0.3) is 0 Å². The molecule has 3 aliphatic rings. The maximum atomic E-state index is 14.3. The minimum atomic E-state index is -6.81. The highest BCUT2D eigenvalue weighted by Gasteiger charge is 2.87. The topological polar surface area (TPSA) is 9.23 Å². The number of rotatable bonds is 3. The fraction of sp³-hybridized carbons (Fsp3) is 0.833. The summed E-state index contributed by atoms with van der Waals surface area (Å²) < 4.78 is 133. The van der Waals surface area contributed by atoms with Gasteiger partial charge in [-0.25, -0.2) is 4.39 Å². The van der Waals surface area contributed by atoms with Crippen molar-refractivity contribution in [3.05, 3.63) is 12.2 Å². The maximum absolute atomic E-state index is 14.3. The molecule has 0 aliphatic heterocycles. The molecule has 0 unspecified atom stereocenters. The number of fused-ring (bicyclic) bond motifs is 5. The lowest BCUT2D eigenvalue weighted by Crippen LogP contribution is -2.74. The largest absolute Gasteiger partial charge is 0.462 e. The van der Waals surface area contributed by atoms with Crippen molar-refractivity contribution < 1.29 is 48.6 Å². The Kier molecular flexibility index (Phi) is 3.04.